The van der Waals surface area contributed by atoms with Crippen LogP contribution in [0, 0.1) is 12.3 Å². The molecule has 0 spiro atoms. The number of rotatable bonds is 4. The molecule has 0 aromatic carbocycles. The molecule has 1 unspecified atom stereocenters. The van der Waals surface area contributed by atoms with Crippen molar-refractivity contribution in [3.8, 4) is 12.3 Å². The number of nitrogens with one attached hydrogen (secondary N) is 1. The lowest BCUT2D eigenvalue weighted by Crippen LogP contribution is -2.17. The van der Waals surface area contributed by atoms with Crippen LogP contribution in [0.15, 0.2) is 11.6 Å². The van der Waals surface area contributed by atoms with Crippen molar-refractivity contribution in [2.75, 3.05) is 5.32 Å². The Morgan fingerprint density at radius 1 is 1.83 bits per heavy atom. The van der Waals surface area contributed by atoms with Crippen LogP contribution in [-0.2, 0) is 0 Å². The van der Waals surface area contributed by atoms with Gasteiger partial charge in [-0.05, 0) is 6.42 Å². The van der Waals surface area contributed by atoms with Crippen LogP contribution in [0.1, 0.15) is 19.8 Å². The second-order valence-electron chi connectivity index (χ2n) is 2.50. The van der Waals surface area contributed by atoms with Crippen LogP contribution < -0.4 is 5.32 Å². The Morgan fingerprint density at radius 3 is 3.17 bits per heavy atom. The summed E-state index contributed by atoms with van der Waals surface area (Å²) in [5, 5.41) is 6.18. The Balaban J connectivity index is 2.44. The number of hydrogen-bond donors (Lipinski definition) is 1. The zero-order chi connectivity index (χ0) is 8.81. The Bertz CT molecular complexity index is 248. The Morgan fingerprint density at radius 2 is 2.67 bits per heavy atom. The van der Waals surface area contributed by atoms with Crippen LogP contribution >= 0.6 is 11.3 Å². The van der Waals surface area contributed by atoms with E-state index in [4.69, 9.17) is 6.42 Å². The van der Waals surface area contributed by atoms with Gasteiger partial charge in [-0.15, -0.1) is 23.7 Å². The van der Waals surface area contributed by atoms with Crippen molar-refractivity contribution in [1.82, 2.24) is 4.98 Å². The summed E-state index contributed by atoms with van der Waals surface area (Å²) in [7, 11) is 0. The fourth-order valence-electron chi connectivity index (χ4n) is 0.909. The van der Waals surface area contributed by atoms with Gasteiger partial charge in [-0.25, -0.2) is 4.98 Å². The number of aromatic nitrogens is 1. The molecule has 0 amide bonds. The van der Waals surface area contributed by atoms with Gasteiger partial charge in [0.2, 0.25) is 0 Å². The minimum absolute atomic E-state index is 0.362. The number of nitrogens with zero attached hydrogens (tertiary/aromatic N) is 1. The van der Waals surface area contributed by atoms with E-state index in [-0.39, 0.29) is 0 Å². The lowest BCUT2D eigenvalue weighted by atomic mass is 10.2. The molecule has 64 valence electrons. The highest BCUT2D eigenvalue weighted by molar-refractivity contribution is 7.13. The van der Waals surface area contributed by atoms with Gasteiger partial charge in [-0.2, -0.15) is 0 Å². The average molecular weight is 180 g/mol. The van der Waals surface area contributed by atoms with Gasteiger partial charge in [0.05, 0.1) is 0 Å². The summed E-state index contributed by atoms with van der Waals surface area (Å²) in [6.45, 7) is 2.11. The lowest BCUT2D eigenvalue weighted by Gasteiger charge is -2.12. The monoisotopic (exact) mass is 180 g/mol. The summed E-state index contributed by atoms with van der Waals surface area (Å²) in [4.78, 5) is 4.13. The minimum atomic E-state index is 0.362. The average Bonchev–Trinajstić information content (AvgIpc) is 2.56. The summed E-state index contributed by atoms with van der Waals surface area (Å²) >= 11 is 1.60. The molecule has 12 heavy (non-hydrogen) atoms. The smallest absolute Gasteiger partial charge is 0.182 e. The molecule has 1 heterocycles. The van der Waals surface area contributed by atoms with Gasteiger partial charge in [-0.3, -0.25) is 0 Å². The third kappa shape index (κ3) is 2.55. The topological polar surface area (TPSA) is 24.9 Å². The predicted octanol–water partition coefficient (Wildman–Crippen LogP) is 2.36. The number of terminal acetylenes is 1. The van der Waals surface area contributed by atoms with E-state index >= 15 is 0 Å². The van der Waals surface area contributed by atoms with Gasteiger partial charge in [0.15, 0.2) is 5.13 Å². The molecule has 1 aromatic heterocycles. The largest absolute Gasteiger partial charge is 0.358 e. The van der Waals surface area contributed by atoms with Gasteiger partial charge in [0.1, 0.15) is 0 Å². The highest BCUT2D eigenvalue weighted by atomic mass is 32.1. The second kappa shape index (κ2) is 4.78. The van der Waals surface area contributed by atoms with E-state index < -0.39 is 0 Å². The molecular formula is C9H12N2S. The molecule has 0 aliphatic carbocycles. The van der Waals surface area contributed by atoms with E-state index in [0.717, 1.165) is 18.0 Å². The van der Waals surface area contributed by atoms with E-state index in [0.29, 0.717) is 6.04 Å². The van der Waals surface area contributed by atoms with Crippen LogP contribution in [-0.4, -0.2) is 11.0 Å². The van der Waals surface area contributed by atoms with Crippen molar-refractivity contribution in [3.05, 3.63) is 11.6 Å². The Hall–Kier alpha value is -1.01. The summed E-state index contributed by atoms with van der Waals surface area (Å²) < 4.78 is 0. The molecule has 0 aliphatic rings. The van der Waals surface area contributed by atoms with Crippen molar-refractivity contribution in [2.24, 2.45) is 0 Å². The van der Waals surface area contributed by atoms with E-state index in [9.17, 15) is 0 Å². The minimum Gasteiger partial charge on any atom is -0.358 e. The maximum absolute atomic E-state index is 5.23. The third-order valence-electron chi connectivity index (χ3n) is 1.62. The predicted molar refractivity (Wildman–Crippen MR) is 53.3 cm³/mol. The Labute approximate surface area is 77.0 Å². The fraction of sp³-hybridized carbons (Fsp3) is 0.444. The van der Waals surface area contributed by atoms with Crippen molar-refractivity contribution in [2.45, 2.75) is 25.8 Å². The molecule has 0 saturated carbocycles. The van der Waals surface area contributed by atoms with Crippen LogP contribution in [0.4, 0.5) is 5.13 Å². The first kappa shape index (κ1) is 9.08. The number of thiazole rings is 1. The fourth-order valence-corrected chi connectivity index (χ4v) is 1.52. The zero-order valence-corrected chi connectivity index (χ0v) is 7.90. The van der Waals surface area contributed by atoms with E-state index in [1.807, 2.05) is 5.38 Å². The maximum Gasteiger partial charge on any atom is 0.182 e. The molecule has 0 fully saturated rings. The second-order valence-corrected chi connectivity index (χ2v) is 3.39. The Kier molecular flexibility index (Phi) is 3.62. The zero-order valence-electron chi connectivity index (χ0n) is 7.08. The summed E-state index contributed by atoms with van der Waals surface area (Å²) in [6.07, 6.45) is 8.81. The molecule has 1 aromatic rings. The van der Waals surface area contributed by atoms with Crippen LogP contribution in [0.25, 0.3) is 0 Å². The van der Waals surface area contributed by atoms with E-state index in [1.54, 1.807) is 17.5 Å². The highest BCUT2D eigenvalue weighted by Crippen LogP contribution is 2.13. The lowest BCUT2D eigenvalue weighted by molar-refractivity contribution is 0.714. The van der Waals surface area contributed by atoms with Crippen molar-refractivity contribution >= 4 is 16.5 Å². The molecule has 3 heteroatoms. The highest BCUT2D eigenvalue weighted by Gasteiger charge is 2.04. The summed E-state index contributed by atoms with van der Waals surface area (Å²) in [5.74, 6) is 2.65. The summed E-state index contributed by atoms with van der Waals surface area (Å²) in [5.41, 5.74) is 0. The molecule has 2 nitrogen and oxygen atoms in total. The van der Waals surface area contributed by atoms with Crippen molar-refractivity contribution in [1.29, 1.82) is 0 Å². The summed E-state index contributed by atoms with van der Waals surface area (Å²) in [6, 6.07) is 0.362. The quantitative estimate of drug-likeness (QED) is 0.719. The standard InChI is InChI=1S/C9H12N2S/c1-3-5-8(4-2)11-9-10-6-7-12-9/h1,6-8H,4-5H2,2H3,(H,10,11). The first-order valence-electron chi connectivity index (χ1n) is 3.96. The normalized spacial score (nSPS) is 12.0. The third-order valence-corrected chi connectivity index (χ3v) is 2.32. The number of hydrogen-bond acceptors (Lipinski definition) is 3. The van der Waals surface area contributed by atoms with Gasteiger partial charge in [-0.1, -0.05) is 6.92 Å². The van der Waals surface area contributed by atoms with Gasteiger partial charge in [0, 0.05) is 24.0 Å². The van der Waals surface area contributed by atoms with Gasteiger partial charge < -0.3 is 5.32 Å². The molecule has 1 N–H and O–H groups in total. The van der Waals surface area contributed by atoms with Crippen LogP contribution in [0.5, 0.6) is 0 Å². The molecule has 1 atom stereocenters. The molecule has 1 rings (SSSR count). The van der Waals surface area contributed by atoms with Crippen LogP contribution in [0.2, 0.25) is 0 Å². The van der Waals surface area contributed by atoms with Crippen LogP contribution in [0.3, 0.4) is 0 Å². The number of anilines is 1. The van der Waals surface area contributed by atoms with Gasteiger partial charge >= 0.3 is 0 Å². The molecular weight excluding hydrogens is 168 g/mol. The van der Waals surface area contributed by atoms with E-state index in [1.165, 1.54) is 0 Å². The molecule has 0 radical (unpaired) electrons. The van der Waals surface area contributed by atoms with Crippen molar-refractivity contribution in [3.63, 3.8) is 0 Å². The van der Waals surface area contributed by atoms with Gasteiger partial charge in [0.25, 0.3) is 0 Å². The molecule has 0 aliphatic heterocycles. The maximum atomic E-state index is 5.23. The first-order valence-corrected chi connectivity index (χ1v) is 4.84. The van der Waals surface area contributed by atoms with E-state index in [2.05, 4.69) is 23.1 Å². The molecule has 0 saturated heterocycles. The van der Waals surface area contributed by atoms with Crippen molar-refractivity contribution < 1.29 is 0 Å². The first-order chi connectivity index (χ1) is 5.86. The molecule has 0 bridgehead atoms. The SMILES string of the molecule is C#CCC(CC)Nc1nccs1.